The second-order valence-corrected chi connectivity index (χ2v) is 1.38. The van der Waals surface area contributed by atoms with Crippen LogP contribution in [0.3, 0.4) is 0 Å². The van der Waals surface area contributed by atoms with E-state index in [1.54, 1.807) is 14.1 Å². The molecule has 0 aliphatic rings. The van der Waals surface area contributed by atoms with Gasteiger partial charge in [0.05, 0.1) is 0 Å². The molecule has 9 heavy (non-hydrogen) atoms. The first-order chi connectivity index (χ1) is 4.26. The predicted molar refractivity (Wildman–Crippen MR) is 38.9 cm³/mol. The molecule has 0 aromatic heterocycles. The third-order valence-corrected chi connectivity index (χ3v) is 0.884. The van der Waals surface area contributed by atoms with Crippen molar-refractivity contribution < 1.29 is 0 Å². The van der Waals surface area contributed by atoms with E-state index in [-0.39, 0.29) is 5.84 Å². The highest BCUT2D eigenvalue weighted by atomic mass is 14.9. The van der Waals surface area contributed by atoms with Crippen molar-refractivity contribution in [3.05, 3.63) is 0 Å². The zero-order chi connectivity index (χ0) is 7.28. The summed E-state index contributed by atoms with van der Waals surface area (Å²) in [6.07, 6.45) is 1.04. The predicted octanol–water partition coefficient (Wildman–Crippen LogP) is -0.0966. The van der Waals surface area contributed by atoms with Crippen molar-refractivity contribution in [3.63, 3.8) is 0 Å². The summed E-state index contributed by atoms with van der Waals surface area (Å²) in [6.45, 7) is 0. The van der Waals surface area contributed by atoms with E-state index in [2.05, 4.69) is 10.3 Å². The van der Waals surface area contributed by atoms with Crippen LogP contribution in [0.5, 0.6) is 0 Å². The largest absolute Gasteiger partial charge is 0.372 e. The molecule has 0 unspecified atom stereocenters. The molecule has 0 aliphatic carbocycles. The standard InChI is InChI=1S/C5H10N4/c1-8-4(3-6)5(7)9-2/h3,6H,1-2H3,(H2,7,9)/b6-3?,8-4+. The molecule has 0 saturated carbocycles. The minimum Gasteiger partial charge on any atom is -0.372 e. The number of rotatable bonds is 2. The van der Waals surface area contributed by atoms with Crippen LogP contribution in [0.1, 0.15) is 0 Å². The molecule has 0 aromatic carbocycles. The Balaban J connectivity index is 4.14. The van der Waals surface area contributed by atoms with Gasteiger partial charge in [-0.3, -0.25) is 10.4 Å². The van der Waals surface area contributed by atoms with E-state index >= 15 is 0 Å². The number of nitrogens with zero attached hydrogens (tertiary/aromatic N) is 1. The highest BCUT2D eigenvalue weighted by Gasteiger charge is 1.96. The molecule has 0 aromatic rings. The summed E-state index contributed by atoms with van der Waals surface area (Å²) in [7, 11) is 3.17. The topological polar surface area (TPSA) is 72.1 Å². The number of hydrogen-bond acceptors (Lipinski definition) is 3. The Kier molecular flexibility index (Phi) is 3.27. The molecule has 0 heterocycles. The van der Waals surface area contributed by atoms with Gasteiger partial charge in [-0.1, -0.05) is 0 Å². The van der Waals surface area contributed by atoms with Gasteiger partial charge >= 0.3 is 0 Å². The van der Waals surface area contributed by atoms with Crippen molar-refractivity contribution in [1.29, 1.82) is 10.8 Å². The maximum Gasteiger partial charge on any atom is 0.145 e. The van der Waals surface area contributed by atoms with Gasteiger partial charge in [-0.2, -0.15) is 0 Å². The van der Waals surface area contributed by atoms with Crippen molar-refractivity contribution in [3.8, 4) is 0 Å². The van der Waals surface area contributed by atoms with Crippen LogP contribution in [0.2, 0.25) is 0 Å². The summed E-state index contributed by atoms with van der Waals surface area (Å²) in [6, 6.07) is 0. The summed E-state index contributed by atoms with van der Waals surface area (Å²) < 4.78 is 0. The van der Waals surface area contributed by atoms with Gasteiger partial charge in [0.2, 0.25) is 0 Å². The summed E-state index contributed by atoms with van der Waals surface area (Å²) in [5, 5.41) is 16.4. The lowest BCUT2D eigenvalue weighted by molar-refractivity contribution is 1.16. The molecule has 0 atom stereocenters. The first kappa shape index (κ1) is 7.81. The van der Waals surface area contributed by atoms with Gasteiger partial charge in [-0.15, -0.1) is 0 Å². The van der Waals surface area contributed by atoms with Crippen LogP contribution < -0.4 is 5.32 Å². The van der Waals surface area contributed by atoms with Crippen LogP contribution in [0, 0.1) is 10.8 Å². The highest BCUT2D eigenvalue weighted by molar-refractivity contribution is 6.60. The summed E-state index contributed by atoms with van der Waals surface area (Å²) in [4.78, 5) is 3.66. The minimum atomic E-state index is 0.174. The number of hydrogen-bond donors (Lipinski definition) is 3. The number of amidine groups is 1. The average molecular weight is 126 g/mol. The van der Waals surface area contributed by atoms with Crippen LogP contribution in [0.4, 0.5) is 0 Å². The van der Waals surface area contributed by atoms with Crippen LogP contribution in [0.25, 0.3) is 0 Å². The van der Waals surface area contributed by atoms with E-state index in [1.807, 2.05) is 0 Å². The molecule has 50 valence electrons. The molecule has 3 N–H and O–H groups in total. The lowest BCUT2D eigenvalue weighted by Crippen LogP contribution is -2.27. The Morgan fingerprint density at radius 1 is 1.67 bits per heavy atom. The fourth-order valence-corrected chi connectivity index (χ4v) is 0.377. The van der Waals surface area contributed by atoms with Gasteiger partial charge in [0.15, 0.2) is 0 Å². The molecule has 0 bridgehead atoms. The zero-order valence-electron chi connectivity index (χ0n) is 5.52. The van der Waals surface area contributed by atoms with E-state index in [9.17, 15) is 0 Å². The summed E-state index contributed by atoms with van der Waals surface area (Å²) >= 11 is 0. The van der Waals surface area contributed by atoms with Gasteiger partial charge in [-0.25, -0.2) is 0 Å². The lowest BCUT2D eigenvalue weighted by atomic mass is 10.4. The SMILES string of the molecule is C/N=C(\C=N)C(=N)NC. The van der Waals surface area contributed by atoms with Crippen LogP contribution in [-0.4, -0.2) is 31.9 Å². The molecule has 0 aliphatic heterocycles. The Bertz CT molecular complexity index is 147. The monoisotopic (exact) mass is 126 g/mol. The molecule has 4 heteroatoms. The van der Waals surface area contributed by atoms with Gasteiger partial charge < -0.3 is 10.7 Å². The number of nitrogens with one attached hydrogen (secondary N) is 3. The van der Waals surface area contributed by atoms with Gasteiger partial charge in [0.25, 0.3) is 0 Å². The Morgan fingerprint density at radius 3 is 2.33 bits per heavy atom. The van der Waals surface area contributed by atoms with E-state index in [0.29, 0.717) is 5.71 Å². The molecular weight excluding hydrogens is 116 g/mol. The first-order valence-electron chi connectivity index (χ1n) is 2.50. The van der Waals surface area contributed by atoms with E-state index < -0.39 is 0 Å². The number of aliphatic imine (C=N–C) groups is 1. The maximum atomic E-state index is 7.10. The molecule has 0 saturated heterocycles. The molecule has 0 radical (unpaired) electrons. The fourth-order valence-electron chi connectivity index (χ4n) is 0.377. The van der Waals surface area contributed by atoms with Crippen molar-refractivity contribution >= 4 is 17.8 Å². The quantitative estimate of drug-likeness (QED) is 0.351. The Morgan fingerprint density at radius 2 is 2.22 bits per heavy atom. The smallest absolute Gasteiger partial charge is 0.145 e. The minimum absolute atomic E-state index is 0.174. The molecular formula is C5H10N4. The average Bonchev–Trinajstić information content (AvgIpc) is 1.90. The summed E-state index contributed by atoms with van der Waals surface area (Å²) in [5.41, 5.74) is 0.359. The second-order valence-electron chi connectivity index (χ2n) is 1.38. The third kappa shape index (κ3) is 2.03. The molecule has 0 fully saturated rings. The van der Waals surface area contributed by atoms with E-state index in [4.69, 9.17) is 10.8 Å². The van der Waals surface area contributed by atoms with Gasteiger partial charge in [-0.05, 0) is 0 Å². The van der Waals surface area contributed by atoms with Crippen molar-refractivity contribution in [2.24, 2.45) is 4.99 Å². The molecule has 0 spiro atoms. The molecule has 0 amide bonds. The van der Waals surface area contributed by atoms with E-state index in [1.165, 1.54) is 0 Å². The summed E-state index contributed by atoms with van der Waals surface area (Å²) in [5.74, 6) is 0.174. The zero-order valence-corrected chi connectivity index (χ0v) is 5.52. The molecule has 4 nitrogen and oxygen atoms in total. The van der Waals surface area contributed by atoms with Crippen LogP contribution in [0.15, 0.2) is 4.99 Å². The second kappa shape index (κ2) is 3.77. The van der Waals surface area contributed by atoms with Crippen molar-refractivity contribution in [1.82, 2.24) is 5.32 Å². The lowest BCUT2D eigenvalue weighted by Gasteiger charge is -1.97. The maximum absolute atomic E-state index is 7.10. The normalized spacial score (nSPS) is 10.7. The van der Waals surface area contributed by atoms with E-state index in [0.717, 1.165) is 6.21 Å². The Hall–Kier alpha value is -1.19. The third-order valence-electron chi connectivity index (χ3n) is 0.884. The van der Waals surface area contributed by atoms with Crippen LogP contribution >= 0.6 is 0 Å². The van der Waals surface area contributed by atoms with Crippen molar-refractivity contribution in [2.75, 3.05) is 14.1 Å². The fraction of sp³-hybridized carbons (Fsp3) is 0.400. The van der Waals surface area contributed by atoms with Gasteiger partial charge in [0, 0.05) is 20.3 Å². The Labute approximate surface area is 54.0 Å². The first-order valence-corrected chi connectivity index (χ1v) is 2.50. The van der Waals surface area contributed by atoms with Crippen LogP contribution in [-0.2, 0) is 0 Å². The highest BCUT2D eigenvalue weighted by Crippen LogP contribution is 1.71. The van der Waals surface area contributed by atoms with Gasteiger partial charge in [0.1, 0.15) is 11.5 Å². The molecule has 0 rings (SSSR count). The van der Waals surface area contributed by atoms with Crippen molar-refractivity contribution in [2.45, 2.75) is 0 Å².